The van der Waals surface area contributed by atoms with Gasteiger partial charge in [-0.15, -0.1) is 0 Å². The molecular formula is C24H17ClN2O6S. The molecule has 1 aliphatic rings. The van der Waals surface area contributed by atoms with Gasteiger partial charge in [-0.1, -0.05) is 35.9 Å². The molecule has 34 heavy (non-hydrogen) atoms. The van der Waals surface area contributed by atoms with Crippen molar-refractivity contribution in [3.63, 3.8) is 0 Å². The minimum Gasteiger partial charge on any atom is -0.478 e. The van der Waals surface area contributed by atoms with E-state index in [1.807, 2.05) is 19.1 Å². The monoisotopic (exact) mass is 496 g/mol. The second kappa shape index (κ2) is 9.58. The lowest BCUT2D eigenvalue weighted by atomic mass is 10.1. The molecule has 0 radical (unpaired) electrons. The number of aromatic carboxylic acids is 1. The van der Waals surface area contributed by atoms with Gasteiger partial charge < -0.3 is 14.8 Å². The summed E-state index contributed by atoms with van der Waals surface area (Å²) < 4.78 is 5.72. The van der Waals surface area contributed by atoms with Crippen LogP contribution in [0, 0.1) is 6.92 Å². The molecule has 1 aliphatic heterocycles. The molecule has 2 aromatic carbocycles. The summed E-state index contributed by atoms with van der Waals surface area (Å²) in [5.41, 5.74) is 1.99. The van der Waals surface area contributed by atoms with E-state index >= 15 is 0 Å². The van der Waals surface area contributed by atoms with Gasteiger partial charge in [-0.05, 0) is 54.6 Å². The fourth-order valence-corrected chi connectivity index (χ4v) is 4.32. The summed E-state index contributed by atoms with van der Waals surface area (Å²) in [5, 5.41) is 11.3. The highest BCUT2D eigenvalue weighted by molar-refractivity contribution is 8.18. The van der Waals surface area contributed by atoms with Crippen LogP contribution in [-0.4, -0.2) is 39.6 Å². The van der Waals surface area contributed by atoms with Crippen LogP contribution in [0.2, 0.25) is 5.02 Å². The fourth-order valence-electron chi connectivity index (χ4n) is 3.24. The standard InChI is InChI=1S/C24H17ClN2O6S/c1-13-4-2-3-5-18(13)26-21(28)12-27-22(29)20(34-24(27)32)11-15-7-9-19(33-15)14-6-8-16(23(30)31)17(25)10-14/h2-11H,12H2,1H3,(H,26,28)(H,30,31)/b20-11-. The molecule has 2 heterocycles. The zero-order valence-corrected chi connectivity index (χ0v) is 19.3. The fraction of sp³-hybridized carbons (Fsp3) is 0.0833. The number of rotatable bonds is 6. The van der Waals surface area contributed by atoms with Crippen molar-refractivity contribution in [2.24, 2.45) is 0 Å². The van der Waals surface area contributed by atoms with E-state index in [0.29, 0.717) is 34.5 Å². The Bertz CT molecular complexity index is 1360. The van der Waals surface area contributed by atoms with Gasteiger partial charge in [0.05, 0.1) is 15.5 Å². The van der Waals surface area contributed by atoms with Crippen molar-refractivity contribution in [3.05, 3.63) is 81.4 Å². The molecule has 0 saturated carbocycles. The molecule has 1 fully saturated rings. The molecule has 172 valence electrons. The van der Waals surface area contributed by atoms with Crippen molar-refractivity contribution in [2.45, 2.75) is 6.92 Å². The Labute approximate surface area is 203 Å². The van der Waals surface area contributed by atoms with Crippen LogP contribution in [0.5, 0.6) is 0 Å². The third-order valence-corrected chi connectivity index (χ3v) is 6.20. The molecule has 4 rings (SSSR count). The Morgan fingerprint density at radius 3 is 2.62 bits per heavy atom. The maximum atomic E-state index is 12.7. The van der Waals surface area contributed by atoms with Gasteiger partial charge in [0.2, 0.25) is 5.91 Å². The zero-order valence-electron chi connectivity index (χ0n) is 17.7. The average Bonchev–Trinajstić information content (AvgIpc) is 3.35. The predicted octanol–water partition coefficient (Wildman–Crippen LogP) is 5.28. The van der Waals surface area contributed by atoms with E-state index in [0.717, 1.165) is 10.5 Å². The van der Waals surface area contributed by atoms with Crippen LogP contribution >= 0.6 is 23.4 Å². The number of hydrogen-bond acceptors (Lipinski definition) is 6. The third kappa shape index (κ3) is 4.90. The number of aryl methyl sites for hydroxylation is 1. The highest BCUT2D eigenvalue weighted by Gasteiger charge is 2.36. The number of halogens is 1. The summed E-state index contributed by atoms with van der Waals surface area (Å²) in [5.74, 6) is -1.51. The molecular weight excluding hydrogens is 480 g/mol. The summed E-state index contributed by atoms with van der Waals surface area (Å²) in [7, 11) is 0. The number of nitrogens with one attached hydrogen (secondary N) is 1. The Morgan fingerprint density at radius 1 is 1.15 bits per heavy atom. The number of carboxylic acids is 1. The molecule has 10 heteroatoms. The normalized spacial score (nSPS) is 14.6. The number of anilines is 1. The first-order valence-electron chi connectivity index (χ1n) is 9.97. The van der Waals surface area contributed by atoms with E-state index in [2.05, 4.69) is 5.32 Å². The van der Waals surface area contributed by atoms with Crippen LogP contribution < -0.4 is 5.32 Å². The molecule has 3 amide bonds. The lowest BCUT2D eigenvalue weighted by molar-refractivity contribution is -0.127. The lowest BCUT2D eigenvalue weighted by Crippen LogP contribution is -2.36. The summed E-state index contributed by atoms with van der Waals surface area (Å²) in [6, 6.07) is 14.8. The van der Waals surface area contributed by atoms with Crippen molar-refractivity contribution in [1.82, 2.24) is 4.90 Å². The van der Waals surface area contributed by atoms with E-state index in [-0.39, 0.29) is 15.5 Å². The average molecular weight is 497 g/mol. The number of imide groups is 1. The number of thioether (sulfide) groups is 1. The number of benzene rings is 2. The summed E-state index contributed by atoms with van der Waals surface area (Å²) in [4.78, 5) is 49.6. The molecule has 0 aliphatic carbocycles. The minimum atomic E-state index is -1.14. The van der Waals surface area contributed by atoms with Gasteiger partial charge in [0.15, 0.2) is 0 Å². The topological polar surface area (TPSA) is 117 Å². The number of carboxylic acid groups (broad SMARTS) is 1. The number of nitrogens with zero attached hydrogens (tertiary/aromatic N) is 1. The smallest absolute Gasteiger partial charge is 0.337 e. The summed E-state index contributed by atoms with van der Waals surface area (Å²) in [6.45, 7) is 1.43. The largest absolute Gasteiger partial charge is 0.478 e. The number of para-hydroxylation sites is 1. The van der Waals surface area contributed by atoms with Crippen molar-refractivity contribution in [1.29, 1.82) is 0 Å². The Morgan fingerprint density at radius 2 is 1.91 bits per heavy atom. The van der Waals surface area contributed by atoms with Crippen molar-refractivity contribution in [3.8, 4) is 11.3 Å². The first-order chi connectivity index (χ1) is 16.2. The van der Waals surface area contributed by atoms with Gasteiger partial charge in [-0.3, -0.25) is 19.3 Å². The third-order valence-electron chi connectivity index (χ3n) is 4.98. The molecule has 8 nitrogen and oxygen atoms in total. The first-order valence-corrected chi connectivity index (χ1v) is 11.2. The lowest BCUT2D eigenvalue weighted by Gasteiger charge is -2.13. The molecule has 0 spiro atoms. The van der Waals surface area contributed by atoms with Crippen LogP contribution in [0.1, 0.15) is 21.7 Å². The van der Waals surface area contributed by atoms with Crippen LogP contribution in [0.4, 0.5) is 10.5 Å². The number of hydrogen-bond donors (Lipinski definition) is 2. The summed E-state index contributed by atoms with van der Waals surface area (Å²) in [6.07, 6.45) is 1.42. The Balaban J connectivity index is 1.47. The SMILES string of the molecule is Cc1ccccc1NC(=O)CN1C(=O)S/C(=C\c2ccc(-c3ccc(C(=O)O)c(Cl)c3)o2)C1=O. The van der Waals surface area contributed by atoms with Gasteiger partial charge >= 0.3 is 5.97 Å². The van der Waals surface area contributed by atoms with Gasteiger partial charge in [-0.2, -0.15) is 0 Å². The molecule has 0 bridgehead atoms. The molecule has 0 unspecified atom stereocenters. The van der Waals surface area contributed by atoms with Crippen LogP contribution in [-0.2, 0) is 9.59 Å². The van der Waals surface area contributed by atoms with Crippen LogP contribution in [0.3, 0.4) is 0 Å². The highest BCUT2D eigenvalue weighted by atomic mass is 35.5. The summed E-state index contributed by atoms with van der Waals surface area (Å²) >= 11 is 6.73. The quantitative estimate of drug-likeness (QED) is 0.446. The molecule has 1 aromatic heterocycles. The number of amides is 3. The van der Waals surface area contributed by atoms with E-state index in [4.69, 9.17) is 21.1 Å². The van der Waals surface area contributed by atoms with Crippen molar-refractivity contribution >= 4 is 58.1 Å². The number of carbonyl (C=O) groups excluding carboxylic acids is 3. The van der Waals surface area contributed by atoms with E-state index < -0.39 is 29.6 Å². The molecule has 0 atom stereocenters. The molecule has 3 aromatic rings. The van der Waals surface area contributed by atoms with Crippen LogP contribution in [0.15, 0.2) is 63.9 Å². The minimum absolute atomic E-state index is 0.0302. The number of furan rings is 1. The second-order valence-electron chi connectivity index (χ2n) is 7.33. The Hall–Kier alpha value is -3.82. The van der Waals surface area contributed by atoms with Gasteiger partial charge in [0, 0.05) is 17.3 Å². The van der Waals surface area contributed by atoms with Crippen molar-refractivity contribution in [2.75, 3.05) is 11.9 Å². The van der Waals surface area contributed by atoms with Gasteiger partial charge in [0.1, 0.15) is 18.1 Å². The Kier molecular flexibility index (Phi) is 6.58. The van der Waals surface area contributed by atoms with E-state index in [1.165, 1.54) is 18.2 Å². The predicted molar refractivity (Wildman–Crippen MR) is 129 cm³/mol. The van der Waals surface area contributed by atoms with E-state index in [1.54, 1.807) is 30.3 Å². The van der Waals surface area contributed by atoms with Gasteiger partial charge in [-0.25, -0.2) is 4.79 Å². The highest BCUT2D eigenvalue weighted by Crippen LogP contribution is 2.34. The second-order valence-corrected chi connectivity index (χ2v) is 8.73. The number of carbonyl (C=O) groups is 4. The zero-order chi connectivity index (χ0) is 24.4. The van der Waals surface area contributed by atoms with Gasteiger partial charge in [0.25, 0.3) is 11.1 Å². The molecule has 1 saturated heterocycles. The van der Waals surface area contributed by atoms with Crippen LogP contribution in [0.25, 0.3) is 17.4 Å². The van der Waals surface area contributed by atoms with E-state index in [9.17, 15) is 19.2 Å². The maximum Gasteiger partial charge on any atom is 0.337 e. The first kappa shape index (κ1) is 23.3. The molecule has 2 N–H and O–H groups in total. The maximum absolute atomic E-state index is 12.7. The van der Waals surface area contributed by atoms with Crippen molar-refractivity contribution < 1.29 is 28.7 Å².